The van der Waals surface area contributed by atoms with Crippen LogP contribution in [0.2, 0.25) is 0 Å². The van der Waals surface area contributed by atoms with Gasteiger partial charge in [-0.2, -0.15) is 0 Å². The third-order valence-electron chi connectivity index (χ3n) is 3.57. The molecule has 0 atom stereocenters. The van der Waals surface area contributed by atoms with Crippen LogP contribution in [0.4, 0.5) is 5.69 Å². The first-order chi connectivity index (χ1) is 9.81. The topological polar surface area (TPSA) is 41.6 Å². The highest BCUT2D eigenvalue weighted by Gasteiger charge is 2.11. The van der Waals surface area contributed by atoms with Crippen molar-refractivity contribution < 1.29 is 9.53 Å². The third-order valence-corrected chi connectivity index (χ3v) is 3.57. The molecule has 0 aliphatic carbocycles. The number of carbonyl (C=O) groups is 1. The van der Waals surface area contributed by atoms with E-state index in [1.54, 1.807) is 0 Å². The average Bonchev–Trinajstić information content (AvgIpc) is 2.52. The van der Waals surface area contributed by atoms with Gasteiger partial charge in [0.05, 0.1) is 13.2 Å². The van der Waals surface area contributed by atoms with Crippen molar-refractivity contribution in [1.82, 2.24) is 5.32 Å². The fourth-order valence-corrected chi connectivity index (χ4v) is 2.32. The van der Waals surface area contributed by atoms with Crippen LogP contribution >= 0.6 is 0 Å². The Hall–Kier alpha value is -1.55. The second kappa shape index (κ2) is 7.90. The summed E-state index contributed by atoms with van der Waals surface area (Å²) in [5.41, 5.74) is 1.90. The minimum atomic E-state index is 0.0228. The second-order valence-corrected chi connectivity index (χ2v) is 5.11. The van der Waals surface area contributed by atoms with Crippen molar-refractivity contribution in [3.8, 4) is 0 Å². The first-order valence-corrected chi connectivity index (χ1v) is 7.52. The van der Waals surface area contributed by atoms with Gasteiger partial charge in [-0.25, -0.2) is 0 Å². The lowest BCUT2D eigenvalue weighted by atomic mass is 10.1. The van der Waals surface area contributed by atoms with Gasteiger partial charge in [0.15, 0.2) is 0 Å². The summed E-state index contributed by atoms with van der Waals surface area (Å²) < 4.78 is 5.34. The van der Waals surface area contributed by atoms with Crippen molar-refractivity contribution in [2.45, 2.75) is 26.2 Å². The van der Waals surface area contributed by atoms with Gasteiger partial charge in [0.2, 0.25) is 0 Å². The van der Waals surface area contributed by atoms with Crippen molar-refractivity contribution in [3.05, 3.63) is 29.8 Å². The van der Waals surface area contributed by atoms with Crippen molar-refractivity contribution >= 4 is 11.6 Å². The SMILES string of the molecule is CCCCCNC(=O)c1ccc(N2CCOCC2)cc1. The largest absolute Gasteiger partial charge is 0.378 e. The number of amides is 1. The Labute approximate surface area is 121 Å². The molecule has 1 aromatic carbocycles. The van der Waals surface area contributed by atoms with Crippen molar-refractivity contribution in [1.29, 1.82) is 0 Å². The number of ether oxygens (including phenoxy) is 1. The lowest BCUT2D eigenvalue weighted by Gasteiger charge is -2.28. The van der Waals surface area contributed by atoms with Crippen molar-refractivity contribution in [3.63, 3.8) is 0 Å². The third kappa shape index (κ3) is 4.23. The standard InChI is InChI=1S/C16H24N2O2/c1-2-3-4-9-17-16(19)14-5-7-15(8-6-14)18-10-12-20-13-11-18/h5-8H,2-4,9-13H2,1H3,(H,17,19). The molecule has 0 saturated carbocycles. The zero-order chi connectivity index (χ0) is 14.2. The number of anilines is 1. The van der Waals surface area contributed by atoms with Gasteiger partial charge >= 0.3 is 0 Å². The summed E-state index contributed by atoms with van der Waals surface area (Å²) in [4.78, 5) is 14.2. The van der Waals surface area contributed by atoms with Gasteiger partial charge in [0, 0.05) is 30.9 Å². The van der Waals surface area contributed by atoms with Gasteiger partial charge in [-0.3, -0.25) is 4.79 Å². The Morgan fingerprint density at radius 3 is 2.55 bits per heavy atom. The number of unbranched alkanes of at least 4 members (excludes halogenated alkanes) is 2. The van der Waals surface area contributed by atoms with Gasteiger partial charge in [-0.05, 0) is 30.7 Å². The Bertz CT molecular complexity index is 411. The van der Waals surface area contributed by atoms with E-state index in [2.05, 4.69) is 17.1 Å². The predicted molar refractivity (Wildman–Crippen MR) is 81.3 cm³/mol. The Balaban J connectivity index is 1.85. The molecular weight excluding hydrogens is 252 g/mol. The van der Waals surface area contributed by atoms with Gasteiger partial charge in [-0.15, -0.1) is 0 Å². The second-order valence-electron chi connectivity index (χ2n) is 5.11. The highest BCUT2D eigenvalue weighted by atomic mass is 16.5. The molecule has 110 valence electrons. The van der Waals surface area contributed by atoms with E-state index in [0.717, 1.165) is 56.9 Å². The molecule has 0 unspecified atom stereocenters. The molecule has 1 saturated heterocycles. The summed E-state index contributed by atoms with van der Waals surface area (Å²) in [6, 6.07) is 7.85. The maximum absolute atomic E-state index is 12.0. The molecule has 1 amide bonds. The lowest BCUT2D eigenvalue weighted by Crippen LogP contribution is -2.36. The molecule has 1 aliphatic heterocycles. The van der Waals surface area contributed by atoms with E-state index in [1.807, 2.05) is 24.3 Å². The van der Waals surface area contributed by atoms with Crippen molar-refractivity contribution in [2.75, 3.05) is 37.7 Å². The van der Waals surface area contributed by atoms with Gasteiger partial charge in [0.1, 0.15) is 0 Å². The van der Waals surface area contributed by atoms with Crippen LogP contribution in [0, 0.1) is 0 Å². The maximum atomic E-state index is 12.0. The molecule has 4 nitrogen and oxygen atoms in total. The van der Waals surface area contributed by atoms with Crippen LogP contribution in [-0.2, 0) is 4.74 Å². The highest BCUT2D eigenvalue weighted by Crippen LogP contribution is 2.16. The summed E-state index contributed by atoms with van der Waals surface area (Å²) >= 11 is 0. The van der Waals surface area contributed by atoms with Crippen LogP contribution in [0.25, 0.3) is 0 Å². The molecule has 0 aromatic heterocycles. The van der Waals surface area contributed by atoms with E-state index in [4.69, 9.17) is 4.74 Å². The quantitative estimate of drug-likeness (QED) is 0.811. The van der Waals surface area contributed by atoms with Crippen molar-refractivity contribution in [2.24, 2.45) is 0 Å². The summed E-state index contributed by atoms with van der Waals surface area (Å²) in [6.07, 6.45) is 3.38. The summed E-state index contributed by atoms with van der Waals surface area (Å²) in [5, 5.41) is 2.96. The molecule has 20 heavy (non-hydrogen) atoms. The monoisotopic (exact) mass is 276 g/mol. The minimum absolute atomic E-state index is 0.0228. The number of carbonyl (C=O) groups excluding carboxylic acids is 1. The maximum Gasteiger partial charge on any atom is 0.251 e. The van der Waals surface area contributed by atoms with Crippen LogP contribution in [0.1, 0.15) is 36.5 Å². The molecule has 0 radical (unpaired) electrons. The van der Waals surface area contributed by atoms with Crippen LogP contribution in [-0.4, -0.2) is 38.8 Å². The molecule has 1 heterocycles. The van der Waals surface area contributed by atoms with Crippen LogP contribution in [0.5, 0.6) is 0 Å². The molecule has 0 spiro atoms. The number of nitrogens with one attached hydrogen (secondary N) is 1. The number of hydrogen-bond acceptors (Lipinski definition) is 3. The number of nitrogens with zero attached hydrogens (tertiary/aromatic N) is 1. The zero-order valence-corrected chi connectivity index (χ0v) is 12.2. The van der Waals surface area contributed by atoms with Gasteiger partial charge in [0.25, 0.3) is 5.91 Å². The number of hydrogen-bond donors (Lipinski definition) is 1. The van der Waals surface area contributed by atoms with Crippen LogP contribution in [0.3, 0.4) is 0 Å². The lowest BCUT2D eigenvalue weighted by molar-refractivity contribution is 0.0953. The van der Waals surface area contributed by atoms with E-state index >= 15 is 0 Å². The molecule has 0 bridgehead atoms. The molecule has 1 aliphatic rings. The van der Waals surface area contributed by atoms with Gasteiger partial charge in [-0.1, -0.05) is 19.8 Å². The first kappa shape index (κ1) is 14.9. The van der Waals surface area contributed by atoms with E-state index in [0.29, 0.717) is 0 Å². The molecule has 1 fully saturated rings. The molecule has 1 N–H and O–H groups in total. The molecule has 1 aromatic rings. The molecular formula is C16H24N2O2. The van der Waals surface area contributed by atoms with Gasteiger partial charge < -0.3 is 15.0 Å². The number of morpholine rings is 1. The van der Waals surface area contributed by atoms with Crippen LogP contribution < -0.4 is 10.2 Å². The molecule has 2 rings (SSSR count). The fourth-order valence-electron chi connectivity index (χ4n) is 2.32. The highest BCUT2D eigenvalue weighted by molar-refractivity contribution is 5.94. The number of rotatable bonds is 6. The van der Waals surface area contributed by atoms with E-state index < -0.39 is 0 Å². The summed E-state index contributed by atoms with van der Waals surface area (Å²) in [5.74, 6) is 0.0228. The Kier molecular flexibility index (Phi) is 5.87. The average molecular weight is 276 g/mol. The number of benzene rings is 1. The van der Waals surface area contributed by atoms with E-state index in [-0.39, 0.29) is 5.91 Å². The normalized spacial score (nSPS) is 15.2. The minimum Gasteiger partial charge on any atom is -0.378 e. The summed E-state index contributed by atoms with van der Waals surface area (Å²) in [6.45, 7) is 6.31. The Morgan fingerprint density at radius 1 is 1.20 bits per heavy atom. The van der Waals surface area contributed by atoms with Crippen LogP contribution in [0.15, 0.2) is 24.3 Å². The zero-order valence-electron chi connectivity index (χ0n) is 12.2. The fraction of sp³-hybridized carbons (Fsp3) is 0.562. The van der Waals surface area contributed by atoms with E-state index in [1.165, 1.54) is 6.42 Å². The first-order valence-electron chi connectivity index (χ1n) is 7.52. The smallest absolute Gasteiger partial charge is 0.251 e. The predicted octanol–water partition coefficient (Wildman–Crippen LogP) is 2.44. The molecule has 4 heteroatoms. The summed E-state index contributed by atoms with van der Waals surface area (Å²) in [7, 11) is 0. The van der Waals surface area contributed by atoms with E-state index in [9.17, 15) is 4.79 Å². The Morgan fingerprint density at radius 2 is 1.90 bits per heavy atom.